The maximum Gasteiger partial charge on any atom is 0.267 e. The topological polar surface area (TPSA) is 47.1 Å². The summed E-state index contributed by atoms with van der Waals surface area (Å²) in [6.45, 7) is 0.847. The molecular weight excluding hydrogens is 428 g/mol. The van der Waals surface area contributed by atoms with Crippen molar-refractivity contribution in [3.05, 3.63) is 71.8 Å². The van der Waals surface area contributed by atoms with Crippen LogP contribution in [0.2, 0.25) is 0 Å². The first kappa shape index (κ1) is 24.7. The quantitative estimate of drug-likeness (QED) is 0.404. The fraction of sp³-hybridized carbons (Fsp3) is 0.304. The second kappa shape index (κ2) is 11.8. The molecule has 2 aromatic rings. The SMILES string of the molecule is CN(CC(=S)CC(=S)CN(C)N(C)C(=O)c1ccccc1)N(C)C(=O)c1ccccc1. The third-order valence-corrected chi connectivity index (χ3v) is 5.41. The second-order valence-electron chi connectivity index (χ2n) is 7.28. The van der Waals surface area contributed by atoms with Crippen molar-refractivity contribution in [2.24, 2.45) is 0 Å². The number of thiocarbonyl (C=S) groups is 2. The summed E-state index contributed by atoms with van der Waals surface area (Å²) in [5.41, 5.74) is 1.23. The predicted octanol–water partition coefficient (Wildman–Crippen LogP) is 3.35. The van der Waals surface area contributed by atoms with Gasteiger partial charge < -0.3 is 0 Å². The number of nitrogens with zero attached hydrogens (tertiary/aromatic N) is 4. The van der Waals surface area contributed by atoms with Crippen molar-refractivity contribution in [3.8, 4) is 0 Å². The molecule has 0 aliphatic heterocycles. The van der Waals surface area contributed by atoms with E-state index in [1.165, 1.54) is 0 Å². The molecule has 0 heterocycles. The largest absolute Gasteiger partial charge is 0.274 e. The molecule has 0 radical (unpaired) electrons. The molecular formula is C23H28N4O2S2. The summed E-state index contributed by atoms with van der Waals surface area (Å²) >= 11 is 11.0. The number of hydrogen-bond acceptors (Lipinski definition) is 6. The average molecular weight is 457 g/mol. The van der Waals surface area contributed by atoms with Gasteiger partial charge in [0, 0.05) is 68.6 Å². The number of carbonyl (C=O) groups is 2. The van der Waals surface area contributed by atoms with Gasteiger partial charge >= 0.3 is 0 Å². The van der Waals surface area contributed by atoms with Gasteiger partial charge in [0.2, 0.25) is 0 Å². The highest BCUT2D eigenvalue weighted by atomic mass is 32.1. The first-order valence-electron chi connectivity index (χ1n) is 9.82. The molecule has 0 aliphatic rings. The third kappa shape index (κ3) is 7.29. The van der Waals surface area contributed by atoms with Crippen LogP contribution in [0.4, 0.5) is 0 Å². The van der Waals surface area contributed by atoms with E-state index in [4.69, 9.17) is 24.4 Å². The molecule has 31 heavy (non-hydrogen) atoms. The average Bonchev–Trinajstić information content (AvgIpc) is 2.77. The van der Waals surface area contributed by atoms with E-state index in [9.17, 15) is 9.59 Å². The molecule has 0 fully saturated rings. The normalized spacial score (nSPS) is 10.8. The molecule has 0 aromatic heterocycles. The lowest BCUT2D eigenvalue weighted by Gasteiger charge is -2.30. The Bertz CT molecular complexity index is 846. The highest BCUT2D eigenvalue weighted by molar-refractivity contribution is 7.82. The van der Waals surface area contributed by atoms with Crippen molar-refractivity contribution < 1.29 is 9.59 Å². The minimum Gasteiger partial charge on any atom is -0.274 e. The Hall–Kier alpha value is -2.52. The lowest BCUT2D eigenvalue weighted by atomic mass is 10.2. The van der Waals surface area contributed by atoms with Gasteiger partial charge in [0.1, 0.15) is 0 Å². The summed E-state index contributed by atoms with van der Waals surface area (Å²) in [4.78, 5) is 26.6. The van der Waals surface area contributed by atoms with E-state index in [1.807, 2.05) is 50.5 Å². The summed E-state index contributed by atoms with van der Waals surface area (Å²) in [5, 5.41) is 6.64. The number of hydrogen-bond donors (Lipinski definition) is 0. The van der Waals surface area contributed by atoms with Gasteiger partial charge in [-0.1, -0.05) is 60.8 Å². The van der Waals surface area contributed by atoms with Gasteiger partial charge in [-0.25, -0.2) is 10.0 Å². The minimum absolute atomic E-state index is 0.103. The number of carbonyl (C=O) groups excluding carboxylic acids is 2. The Kier molecular flexibility index (Phi) is 9.39. The van der Waals surface area contributed by atoms with Crippen LogP contribution in [0.1, 0.15) is 27.1 Å². The summed E-state index contributed by atoms with van der Waals surface area (Å²) in [5.74, 6) is -0.205. The monoisotopic (exact) mass is 456 g/mol. The van der Waals surface area contributed by atoms with Crippen LogP contribution in [0.15, 0.2) is 60.7 Å². The van der Waals surface area contributed by atoms with Crippen LogP contribution in [-0.2, 0) is 0 Å². The fourth-order valence-electron chi connectivity index (χ4n) is 2.90. The summed E-state index contributed by atoms with van der Waals surface area (Å²) in [6.07, 6.45) is 0.458. The van der Waals surface area contributed by atoms with E-state index < -0.39 is 0 Å². The van der Waals surface area contributed by atoms with Crippen LogP contribution >= 0.6 is 24.4 Å². The van der Waals surface area contributed by atoms with E-state index >= 15 is 0 Å². The first-order valence-corrected chi connectivity index (χ1v) is 10.6. The summed E-state index contributed by atoms with van der Waals surface area (Å²) in [7, 11) is 7.06. The molecule has 0 spiro atoms. The van der Waals surface area contributed by atoms with Crippen molar-refractivity contribution in [2.75, 3.05) is 41.3 Å². The van der Waals surface area contributed by atoms with Crippen LogP contribution < -0.4 is 0 Å². The van der Waals surface area contributed by atoms with E-state index in [0.717, 1.165) is 9.73 Å². The number of hydrazine groups is 2. The summed E-state index contributed by atoms with van der Waals surface area (Å²) < 4.78 is 0. The van der Waals surface area contributed by atoms with E-state index in [2.05, 4.69) is 0 Å². The predicted molar refractivity (Wildman–Crippen MR) is 132 cm³/mol. The molecule has 0 atom stereocenters. The molecule has 2 amide bonds. The van der Waals surface area contributed by atoms with Crippen LogP contribution in [0.3, 0.4) is 0 Å². The molecule has 0 N–H and O–H groups in total. The van der Waals surface area contributed by atoms with Gasteiger partial charge in [-0.05, 0) is 24.3 Å². The zero-order chi connectivity index (χ0) is 23.0. The summed E-state index contributed by atoms with van der Waals surface area (Å²) in [6, 6.07) is 18.2. The van der Waals surface area contributed by atoms with Crippen LogP contribution in [0.5, 0.6) is 0 Å². The Morgan fingerprint density at radius 1 is 0.645 bits per heavy atom. The van der Waals surface area contributed by atoms with Crippen molar-refractivity contribution >= 4 is 46.0 Å². The minimum atomic E-state index is -0.103. The zero-order valence-electron chi connectivity index (χ0n) is 18.3. The van der Waals surface area contributed by atoms with Crippen molar-refractivity contribution in [2.45, 2.75) is 6.42 Å². The molecule has 0 unspecified atom stereocenters. The molecule has 0 bridgehead atoms. The van der Waals surface area contributed by atoms with Gasteiger partial charge in [0.05, 0.1) is 0 Å². The van der Waals surface area contributed by atoms with Gasteiger partial charge in [0.15, 0.2) is 0 Å². The molecule has 0 saturated heterocycles. The smallest absolute Gasteiger partial charge is 0.267 e. The fourth-order valence-corrected chi connectivity index (χ4v) is 3.71. The van der Waals surface area contributed by atoms with E-state index in [0.29, 0.717) is 30.6 Å². The third-order valence-electron chi connectivity index (χ3n) is 4.86. The highest BCUT2D eigenvalue weighted by Crippen LogP contribution is 2.08. The molecule has 0 saturated carbocycles. The highest BCUT2D eigenvalue weighted by Gasteiger charge is 2.19. The van der Waals surface area contributed by atoms with Gasteiger partial charge in [-0.2, -0.15) is 0 Å². The van der Waals surface area contributed by atoms with E-state index in [-0.39, 0.29) is 11.8 Å². The van der Waals surface area contributed by atoms with E-state index in [1.54, 1.807) is 58.4 Å². The van der Waals surface area contributed by atoms with Gasteiger partial charge in [0.25, 0.3) is 11.8 Å². The molecule has 6 nitrogen and oxygen atoms in total. The molecule has 0 aliphatic carbocycles. The van der Waals surface area contributed by atoms with Crippen LogP contribution in [0.25, 0.3) is 0 Å². The Balaban J connectivity index is 1.84. The van der Waals surface area contributed by atoms with Crippen LogP contribution in [0, 0.1) is 0 Å². The number of benzene rings is 2. The lowest BCUT2D eigenvalue weighted by Crippen LogP contribution is -2.45. The van der Waals surface area contributed by atoms with Crippen LogP contribution in [-0.4, -0.2) is 82.9 Å². The van der Waals surface area contributed by atoms with Crippen molar-refractivity contribution in [1.29, 1.82) is 0 Å². The zero-order valence-corrected chi connectivity index (χ0v) is 19.9. The number of rotatable bonds is 10. The van der Waals surface area contributed by atoms with Gasteiger partial charge in [-0.15, -0.1) is 0 Å². The molecule has 164 valence electrons. The first-order chi connectivity index (χ1) is 14.7. The maximum atomic E-state index is 12.6. The maximum absolute atomic E-state index is 12.6. The Morgan fingerprint density at radius 2 is 0.968 bits per heavy atom. The lowest BCUT2D eigenvalue weighted by molar-refractivity contribution is 0.0292. The Morgan fingerprint density at radius 3 is 1.29 bits per heavy atom. The Labute approximate surface area is 195 Å². The van der Waals surface area contributed by atoms with Crippen molar-refractivity contribution in [3.63, 3.8) is 0 Å². The standard InChI is InChI=1S/C23H28N4O2S2/c1-24(26(3)22(28)18-11-7-5-8-12-18)16-20(30)15-21(31)17-25(2)27(4)23(29)19-13-9-6-10-14-19/h5-14H,15-17H2,1-4H3. The van der Waals surface area contributed by atoms with Crippen molar-refractivity contribution in [1.82, 2.24) is 20.0 Å². The second-order valence-corrected chi connectivity index (χ2v) is 8.43. The molecule has 8 heteroatoms. The number of amides is 2. The molecule has 2 aromatic carbocycles. The van der Waals surface area contributed by atoms with Gasteiger partial charge in [-0.3, -0.25) is 19.6 Å². The molecule has 2 rings (SSSR count).